The summed E-state index contributed by atoms with van der Waals surface area (Å²) in [5.41, 5.74) is 0.466. The molecule has 102 valence electrons. The number of nitriles is 1. The van der Waals surface area contributed by atoms with Crippen molar-refractivity contribution < 1.29 is 19.0 Å². The Hall–Kier alpha value is -2.26. The number of carbonyl (C=O) groups is 1. The van der Waals surface area contributed by atoms with Crippen molar-refractivity contribution in [2.24, 2.45) is 0 Å². The van der Waals surface area contributed by atoms with Crippen LogP contribution in [0.3, 0.4) is 0 Å². The second-order valence-corrected chi connectivity index (χ2v) is 3.61. The van der Waals surface area contributed by atoms with Crippen LogP contribution in [0.15, 0.2) is 18.2 Å². The SMILES string of the molecule is COCCNC(=O)COc1ccc(C#N)cc1OC. The number of rotatable bonds is 7. The quantitative estimate of drug-likeness (QED) is 0.733. The molecule has 0 saturated heterocycles. The van der Waals surface area contributed by atoms with Crippen LogP contribution in [0.4, 0.5) is 0 Å². The van der Waals surface area contributed by atoms with Gasteiger partial charge in [-0.3, -0.25) is 4.79 Å². The summed E-state index contributed by atoms with van der Waals surface area (Å²) in [6, 6.07) is 6.75. The van der Waals surface area contributed by atoms with Gasteiger partial charge in [0.05, 0.1) is 25.3 Å². The number of benzene rings is 1. The molecule has 19 heavy (non-hydrogen) atoms. The van der Waals surface area contributed by atoms with Crippen molar-refractivity contribution in [2.75, 3.05) is 34.0 Å². The number of ether oxygens (including phenoxy) is 3. The molecule has 0 heterocycles. The third-order valence-electron chi connectivity index (χ3n) is 2.28. The van der Waals surface area contributed by atoms with E-state index < -0.39 is 0 Å². The van der Waals surface area contributed by atoms with Crippen molar-refractivity contribution >= 4 is 5.91 Å². The number of hydrogen-bond donors (Lipinski definition) is 1. The Balaban J connectivity index is 2.53. The van der Waals surface area contributed by atoms with Gasteiger partial charge in [0.2, 0.25) is 0 Å². The molecule has 1 aromatic rings. The predicted molar refractivity (Wildman–Crippen MR) is 68.1 cm³/mol. The standard InChI is InChI=1S/C13H16N2O4/c1-17-6-5-15-13(16)9-19-11-4-3-10(8-14)7-12(11)18-2/h3-4,7H,5-6,9H2,1-2H3,(H,15,16). The first-order valence-electron chi connectivity index (χ1n) is 5.67. The summed E-state index contributed by atoms with van der Waals surface area (Å²) in [5, 5.41) is 11.4. The lowest BCUT2D eigenvalue weighted by atomic mass is 10.2. The molecule has 0 aliphatic rings. The predicted octanol–water partition coefficient (Wildman–Crippen LogP) is 0.708. The first-order chi connectivity index (χ1) is 9.21. The first-order valence-corrected chi connectivity index (χ1v) is 5.67. The van der Waals surface area contributed by atoms with Gasteiger partial charge < -0.3 is 19.5 Å². The molecule has 0 aliphatic heterocycles. The molecule has 1 amide bonds. The molecule has 6 nitrogen and oxygen atoms in total. The summed E-state index contributed by atoms with van der Waals surface area (Å²) in [5.74, 6) is 0.593. The molecule has 0 atom stereocenters. The molecule has 1 aromatic carbocycles. The fourth-order valence-electron chi connectivity index (χ4n) is 1.34. The molecule has 0 spiro atoms. The van der Waals surface area contributed by atoms with Gasteiger partial charge in [0.15, 0.2) is 18.1 Å². The lowest BCUT2D eigenvalue weighted by molar-refractivity contribution is -0.123. The highest BCUT2D eigenvalue weighted by atomic mass is 16.5. The first kappa shape index (κ1) is 14.8. The molecule has 1 N–H and O–H groups in total. The second-order valence-electron chi connectivity index (χ2n) is 3.61. The number of nitrogens with zero attached hydrogens (tertiary/aromatic N) is 1. The van der Waals surface area contributed by atoms with E-state index in [1.807, 2.05) is 6.07 Å². The molecular weight excluding hydrogens is 248 g/mol. The zero-order valence-corrected chi connectivity index (χ0v) is 10.9. The topological polar surface area (TPSA) is 80.6 Å². The van der Waals surface area contributed by atoms with E-state index in [4.69, 9.17) is 19.5 Å². The maximum absolute atomic E-state index is 11.4. The molecule has 6 heteroatoms. The van der Waals surface area contributed by atoms with Crippen molar-refractivity contribution in [3.8, 4) is 17.6 Å². The normalized spacial score (nSPS) is 9.53. The highest BCUT2D eigenvalue weighted by molar-refractivity contribution is 5.77. The third kappa shape index (κ3) is 4.85. The molecule has 0 radical (unpaired) electrons. The Morgan fingerprint density at radius 1 is 1.37 bits per heavy atom. The van der Waals surface area contributed by atoms with Gasteiger partial charge in [-0.25, -0.2) is 0 Å². The summed E-state index contributed by atoms with van der Waals surface area (Å²) in [7, 11) is 3.03. The Morgan fingerprint density at radius 2 is 2.16 bits per heavy atom. The zero-order valence-electron chi connectivity index (χ0n) is 10.9. The highest BCUT2D eigenvalue weighted by Gasteiger charge is 2.08. The Morgan fingerprint density at radius 3 is 2.79 bits per heavy atom. The van der Waals surface area contributed by atoms with E-state index >= 15 is 0 Å². The van der Waals surface area contributed by atoms with Crippen molar-refractivity contribution in [1.29, 1.82) is 5.26 Å². The Bertz CT molecular complexity index is 468. The van der Waals surface area contributed by atoms with Gasteiger partial charge >= 0.3 is 0 Å². The smallest absolute Gasteiger partial charge is 0.258 e. The van der Waals surface area contributed by atoms with Crippen LogP contribution >= 0.6 is 0 Å². The average Bonchev–Trinajstić information content (AvgIpc) is 2.45. The van der Waals surface area contributed by atoms with Crippen LogP contribution in [-0.2, 0) is 9.53 Å². The Kier molecular flexibility index (Phi) is 6.19. The number of hydrogen-bond acceptors (Lipinski definition) is 5. The van der Waals surface area contributed by atoms with Gasteiger partial charge in [-0.2, -0.15) is 5.26 Å². The lowest BCUT2D eigenvalue weighted by Gasteiger charge is -2.10. The average molecular weight is 264 g/mol. The summed E-state index contributed by atoms with van der Waals surface area (Å²) in [6.07, 6.45) is 0. The van der Waals surface area contributed by atoms with Gasteiger partial charge in [-0.15, -0.1) is 0 Å². The Labute approximate surface area is 111 Å². The van der Waals surface area contributed by atoms with Crippen LogP contribution in [0.2, 0.25) is 0 Å². The van der Waals surface area contributed by atoms with Gasteiger partial charge in [0, 0.05) is 19.7 Å². The van der Waals surface area contributed by atoms with E-state index in [1.165, 1.54) is 7.11 Å². The lowest BCUT2D eigenvalue weighted by Crippen LogP contribution is -2.31. The summed E-state index contributed by atoms with van der Waals surface area (Å²) >= 11 is 0. The van der Waals surface area contributed by atoms with Gasteiger partial charge in [-0.05, 0) is 12.1 Å². The van der Waals surface area contributed by atoms with Crippen molar-refractivity contribution in [3.05, 3.63) is 23.8 Å². The molecule has 0 bridgehead atoms. The van der Waals surface area contributed by atoms with Gasteiger partial charge in [0.1, 0.15) is 0 Å². The molecule has 0 fully saturated rings. The van der Waals surface area contributed by atoms with Crippen molar-refractivity contribution in [2.45, 2.75) is 0 Å². The van der Waals surface area contributed by atoms with E-state index in [0.717, 1.165) is 0 Å². The number of methoxy groups -OCH3 is 2. The number of carbonyl (C=O) groups excluding carboxylic acids is 1. The van der Waals surface area contributed by atoms with Gasteiger partial charge in [0.25, 0.3) is 5.91 Å². The minimum atomic E-state index is -0.247. The number of nitrogens with one attached hydrogen (secondary N) is 1. The van der Waals surface area contributed by atoms with E-state index in [1.54, 1.807) is 25.3 Å². The summed E-state index contributed by atoms with van der Waals surface area (Å²) in [6.45, 7) is 0.765. The highest BCUT2D eigenvalue weighted by Crippen LogP contribution is 2.27. The van der Waals surface area contributed by atoms with E-state index in [2.05, 4.69) is 5.32 Å². The maximum Gasteiger partial charge on any atom is 0.258 e. The monoisotopic (exact) mass is 264 g/mol. The number of amides is 1. The third-order valence-corrected chi connectivity index (χ3v) is 2.28. The van der Waals surface area contributed by atoms with Crippen LogP contribution in [0.1, 0.15) is 5.56 Å². The molecule has 0 aromatic heterocycles. The fourth-order valence-corrected chi connectivity index (χ4v) is 1.34. The van der Waals surface area contributed by atoms with Gasteiger partial charge in [-0.1, -0.05) is 0 Å². The molecule has 0 unspecified atom stereocenters. The van der Waals surface area contributed by atoms with Crippen LogP contribution in [-0.4, -0.2) is 39.9 Å². The second kappa shape index (κ2) is 7.95. The molecule has 1 rings (SSSR count). The maximum atomic E-state index is 11.4. The largest absolute Gasteiger partial charge is 0.493 e. The van der Waals surface area contributed by atoms with Crippen molar-refractivity contribution in [1.82, 2.24) is 5.32 Å². The molecule has 0 aliphatic carbocycles. The van der Waals surface area contributed by atoms with E-state index in [9.17, 15) is 4.79 Å². The molecular formula is C13H16N2O4. The minimum absolute atomic E-state index is 0.119. The fraction of sp³-hybridized carbons (Fsp3) is 0.385. The zero-order chi connectivity index (χ0) is 14.1. The molecule has 0 saturated carbocycles. The summed E-state index contributed by atoms with van der Waals surface area (Å²) in [4.78, 5) is 11.4. The van der Waals surface area contributed by atoms with Crippen LogP contribution < -0.4 is 14.8 Å². The van der Waals surface area contributed by atoms with Crippen LogP contribution in [0, 0.1) is 11.3 Å². The minimum Gasteiger partial charge on any atom is -0.493 e. The van der Waals surface area contributed by atoms with Crippen LogP contribution in [0.25, 0.3) is 0 Å². The summed E-state index contributed by atoms with van der Waals surface area (Å²) < 4.78 is 15.2. The van der Waals surface area contributed by atoms with Crippen LogP contribution in [0.5, 0.6) is 11.5 Å². The van der Waals surface area contributed by atoms with E-state index in [-0.39, 0.29) is 12.5 Å². The van der Waals surface area contributed by atoms with E-state index in [0.29, 0.717) is 30.2 Å². The van der Waals surface area contributed by atoms with Crippen molar-refractivity contribution in [3.63, 3.8) is 0 Å².